The molecular weight excluding hydrogens is 545 g/mol. The smallest absolute Gasteiger partial charge is 0.408 e. The number of rotatable bonds is 15. The van der Waals surface area contributed by atoms with E-state index in [9.17, 15) is 33.5 Å². The monoisotopic (exact) mass is 587 g/mol. The lowest BCUT2D eigenvalue weighted by atomic mass is 9.97. The van der Waals surface area contributed by atoms with E-state index >= 15 is 0 Å². The number of hydrogen-bond acceptors (Lipinski definition) is 6. The Balaban J connectivity index is 1.52. The molecule has 1 heterocycles. The second-order valence-electron chi connectivity index (χ2n) is 11.4. The number of ether oxygens (including phenoxy) is 1. The largest absolute Gasteiger partial charge is 0.479 e. The zero-order chi connectivity index (χ0) is 30.9. The van der Waals surface area contributed by atoms with Crippen molar-refractivity contribution in [1.29, 1.82) is 0 Å². The summed E-state index contributed by atoms with van der Waals surface area (Å²) in [6.45, 7) is 5.34. The Labute approximate surface area is 246 Å². The zero-order valence-electron chi connectivity index (χ0n) is 24.6. The Hall–Kier alpha value is -3.76. The number of carboxylic acids is 1. The summed E-state index contributed by atoms with van der Waals surface area (Å²) < 4.78 is 18.5. The molecule has 0 radical (unpaired) electrons. The summed E-state index contributed by atoms with van der Waals surface area (Å²) in [5, 5.41) is 14.9. The van der Waals surface area contributed by atoms with E-state index in [1.54, 1.807) is 13.8 Å². The van der Waals surface area contributed by atoms with Gasteiger partial charge in [0, 0.05) is 18.0 Å². The molecule has 0 bridgehead atoms. The number of Topliss-reactive ketones (excluding diaryl/α,β-unsaturated/α-hetero) is 1. The Kier molecular flexibility index (Phi) is 11.6. The quantitative estimate of drug-likeness (QED) is 0.158. The van der Waals surface area contributed by atoms with Crippen LogP contribution in [0.25, 0.3) is 0 Å². The lowest BCUT2D eigenvalue weighted by Crippen LogP contribution is -2.54. The lowest BCUT2D eigenvalue weighted by molar-refractivity contribution is -0.145. The average Bonchev–Trinajstić information content (AvgIpc) is 3.42. The molecule has 1 aliphatic carbocycles. The number of nitrogens with one attached hydrogen (secondary N) is 2. The van der Waals surface area contributed by atoms with Crippen LogP contribution in [0.2, 0.25) is 0 Å². The zero-order valence-corrected chi connectivity index (χ0v) is 24.6. The number of carbonyl (C=O) groups is 5. The number of ketones is 1. The van der Waals surface area contributed by atoms with Crippen molar-refractivity contribution in [3.05, 3.63) is 47.8 Å². The van der Waals surface area contributed by atoms with Crippen LogP contribution in [0.3, 0.4) is 0 Å². The Morgan fingerprint density at radius 3 is 2.50 bits per heavy atom. The summed E-state index contributed by atoms with van der Waals surface area (Å²) in [5.41, 5.74) is -1.19. The van der Waals surface area contributed by atoms with Crippen LogP contribution >= 0.6 is 0 Å². The predicted molar refractivity (Wildman–Crippen MR) is 153 cm³/mol. The van der Waals surface area contributed by atoms with Crippen LogP contribution in [-0.4, -0.2) is 70.4 Å². The molecule has 2 aliphatic rings. The van der Waals surface area contributed by atoms with Gasteiger partial charge < -0.3 is 25.4 Å². The van der Waals surface area contributed by atoms with Gasteiger partial charge in [-0.1, -0.05) is 52.2 Å². The number of aliphatic carboxylic acids is 1. The predicted octanol–water partition coefficient (Wildman–Crippen LogP) is 4.24. The van der Waals surface area contributed by atoms with Crippen molar-refractivity contribution in [2.24, 2.45) is 11.8 Å². The van der Waals surface area contributed by atoms with Gasteiger partial charge in [0.1, 0.15) is 23.9 Å². The molecule has 10 nitrogen and oxygen atoms in total. The molecule has 1 aromatic rings. The minimum Gasteiger partial charge on any atom is -0.479 e. The van der Waals surface area contributed by atoms with Crippen LogP contribution in [-0.2, 0) is 19.1 Å². The van der Waals surface area contributed by atoms with Gasteiger partial charge in [0.25, 0.3) is 0 Å². The van der Waals surface area contributed by atoms with Gasteiger partial charge in [-0.05, 0) is 62.3 Å². The molecule has 230 valence electrons. The first-order chi connectivity index (χ1) is 20.0. The number of amides is 3. The fourth-order valence-corrected chi connectivity index (χ4v) is 5.23. The van der Waals surface area contributed by atoms with Crippen LogP contribution in [0.5, 0.6) is 0 Å². The van der Waals surface area contributed by atoms with Crippen LogP contribution in [0.1, 0.15) is 82.5 Å². The first-order valence-electron chi connectivity index (χ1n) is 14.8. The second kappa shape index (κ2) is 14.9. The molecule has 3 N–H and O–H groups in total. The van der Waals surface area contributed by atoms with Crippen LogP contribution in [0.4, 0.5) is 9.18 Å². The molecule has 42 heavy (non-hydrogen) atoms. The first-order valence-corrected chi connectivity index (χ1v) is 14.8. The maximum absolute atomic E-state index is 13.2. The van der Waals surface area contributed by atoms with E-state index in [1.165, 1.54) is 17.0 Å². The van der Waals surface area contributed by atoms with Crippen LogP contribution in [0.15, 0.2) is 36.4 Å². The molecule has 1 saturated carbocycles. The van der Waals surface area contributed by atoms with E-state index in [0.717, 1.165) is 44.2 Å². The molecule has 11 heteroatoms. The lowest BCUT2D eigenvalue weighted by Gasteiger charge is -2.26. The topological polar surface area (TPSA) is 142 Å². The summed E-state index contributed by atoms with van der Waals surface area (Å²) in [6, 6.07) is 4.04. The van der Waals surface area contributed by atoms with Gasteiger partial charge in [-0.3, -0.25) is 14.4 Å². The van der Waals surface area contributed by atoms with E-state index in [-0.39, 0.29) is 23.9 Å². The number of hydrogen-bond donors (Lipinski definition) is 3. The molecule has 1 unspecified atom stereocenters. The summed E-state index contributed by atoms with van der Waals surface area (Å²) in [6.07, 6.45) is 8.24. The first kappa shape index (κ1) is 32.8. The molecule has 1 saturated heterocycles. The number of carbonyl (C=O) groups excluding carboxylic acids is 4. The van der Waals surface area contributed by atoms with Gasteiger partial charge in [0.05, 0.1) is 0 Å². The minimum atomic E-state index is -1.38. The molecule has 0 spiro atoms. The maximum Gasteiger partial charge on any atom is 0.408 e. The highest BCUT2D eigenvalue weighted by Crippen LogP contribution is 2.45. The van der Waals surface area contributed by atoms with E-state index in [0.29, 0.717) is 19.3 Å². The minimum absolute atomic E-state index is 0.185. The SMILES string of the molecule is CCCCCC/C=C\C1C[C@]1(NC(=O)[C@@H]1CCCN1C(=O)CNC(=O)O[C@H](C(=O)c1ccc(F)cc1)C(C)C)C(=O)O. The summed E-state index contributed by atoms with van der Waals surface area (Å²) in [5.74, 6) is -3.86. The standard InChI is InChI=1S/C31H42FN3O7/c1-4-5-6-7-8-9-11-22-18-31(22,29(39)40)34-28(38)24-12-10-17-35(24)25(36)19-33-30(41)42-27(20(2)3)26(37)21-13-15-23(32)16-14-21/h9,11,13-16,20,22,24,27H,4-8,10,12,17-19H2,1-3H3,(H,33,41)(H,34,38)(H,39,40)/b11-9-/t22?,24-,27-,31+/m0/s1. The second-order valence-corrected chi connectivity index (χ2v) is 11.4. The summed E-state index contributed by atoms with van der Waals surface area (Å²) in [7, 11) is 0. The average molecular weight is 588 g/mol. The van der Waals surface area contributed by atoms with Gasteiger partial charge in [-0.15, -0.1) is 0 Å². The van der Waals surface area contributed by atoms with Crippen molar-refractivity contribution in [2.45, 2.75) is 89.8 Å². The highest BCUT2D eigenvalue weighted by Gasteiger charge is 2.61. The third kappa shape index (κ3) is 8.39. The number of benzene rings is 1. The van der Waals surface area contributed by atoms with Crippen molar-refractivity contribution in [2.75, 3.05) is 13.1 Å². The fraction of sp³-hybridized carbons (Fsp3) is 0.581. The number of carboxylic acid groups (broad SMARTS) is 1. The highest BCUT2D eigenvalue weighted by molar-refractivity contribution is 6.00. The molecule has 3 amide bonds. The molecular formula is C31H42FN3O7. The molecule has 1 aliphatic heterocycles. The van der Waals surface area contributed by atoms with Gasteiger partial charge in [0.2, 0.25) is 17.6 Å². The number of likely N-dealkylation sites (tertiary alicyclic amines) is 1. The maximum atomic E-state index is 13.2. The highest BCUT2D eigenvalue weighted by atomic mass is 19.1. The van der Waals surface area contributed by atoms with E-state index < -0.39 is 59.7 Å². The molecule has 1 aromatic carbocycles. The Morgan fingerprint density at radius 1 is 1.14 bits per heavy atom. The molecule has 3 rings (SSSR count). The van der Waals surface area contributed by atoms with Gasteiger partial charge >= 0.3 is 12.1 Å². The van der Waals surface area contributed by atoms with Crippen molar-refractivity contribution in [3.63, 3.8) is 0 Å². The molecule has 4 atom stereocenters. The summed E-state index contributed by atoms with van der Waals surface area (Å²) in [4.78, 5) is 64.8. The van der Waals surface area contributed by atoms with Crippen molar-refractivity contribution in [3.8, 4) is 0 Å². The number of nitrogens with zero attached hydrogens (tertiary/aromatic N) is 1. The number of allylic oxidation sites excluding steroid dienone is 1. The van der Waals surface area contributed by atoms with Gasteiger partial charge in [-0.25, -0.2) is 14.0 Å². The normalized spacial score (nSPS) is 22.2. The fourth-order valence-electron chi connectivity index (χ4n) is 5.23. The van der Waals surface area contributed by atoms with E-state index in [1.807, 2.05) is 12.2 Å². The Bertz CT molecular complexity index is 1170. The van der Waals surface area contributed by atoms with Gasteiger partial charge in [-0.2, -0.15) is 0 Å². The van der Waals surface area contributed by atoms with E-state index in [4.69, 9.17) is 4.74 Å². The van der Waals surface area contributed by atoms with Crippen molar-refractivity contribution in [1.82, 2.24) is 15.5 Å². The molecule has 2 fully saturated rings. The number of alkyl carbamates (subject to hydrolysis) is 1. The van der Waals surface area contributed by atoms with Crippen molar-refractivity contribution < 1.29 is 38.2 Å². The van der Waals surface area contributed by atoms with Crippen LogP contribution in [0, 0.1) is 17.7 Å². The van der Waals surface area contributed by atoms with E-state index in [2.05, 4.69) is 17.6 Å². The van der Waals surface area contributed by atoms with Crippen molar-refractivity contribution >= 4 is 29.7 Å². The molecule has 0 aromatic heterocycles. The third-order valence-electron chi connectivity index (χ3n) is 7.82. The number of unbranched alkanes of at least 4 members (excludes halogenated alkanes) is 4. The van der Waals surface area contributed by atoms with Crippen LogP contribution < -0.4 is 10.6 Å². The number of halogens is 1. The Morgan fingerprint density at radius 2 is 1.86 bits per heavy atom. The van der Waals surface area contributed by atoms with Gasteiger partial charge in [0.15, 0.2) is 6.10 Å². The third-order valence-corrected chi connectivity index (χ3v) is 7.82. The summed E-state index contributed by atoms with van der Waals surface area (Å²) >= 11 is 0.